The first-order valence-electron chi connectivity index (χ1n) is 9.99. The Labute approximate surface area is 155 Å². The van der Waals surface area contributed by atoms with E-state index in [0.29, 0.717) is 6.54 Å². The number of rotatable bonds is 5. The van der Waals surface area contributed by atoms with Gasteiger partial charge in [0.25, 0.3) is 0 Å². The van der Waals surface area contributed by atoms with Gasteiger partial charge in [0.15, 0.2) is 0 Å². The van der Waals surface area contributed by atoms with Crippen LogP contribution in [0.15, 0.2) is 42.5 Å². The minimum absolute atomic E-state index is 0.174. The molecule has 2 fully saturated rings. The minimum Gasteiger partial charge on any atom is -0.376 e. The summed E-state index contributed by atoms with van der Waals surface area (Å²) in [5.74, 6) is 0.400. The molecule has 0 aromatic heterocycles. The van der Waals surface area contributed by atoms with Crippen molar-refractivity contribution in [2.45, 2.75) is 38.3 Å². The molecule has 4 heteroatoms. The molecule has 1 amide bonds. The number of hydrogen-bond donors (Lipinski definition) is 2. The van der Waals surface area contributed by atoms with Gasteiger partial charge in [-0.1, -0.05) is 42.5 Å². The Hall–Kier alpha value is -1.91. The van der Waals surface area contributed by atoms with Crippen LogP contribution in [0.5, 0.6) is 0 Å². The van der Waals surface area contributed by atoms with Crippen molar-refractivity contribution < 1.29 is 14.4 Å². The number of quaternary nitrogens is 1. The van der Waals surface area contributed by atoms with Crippen molar-refractivity contribution in [3.8, 4) is 0 Å². The highest BCUT2D eigenvalue weighted by molar-refractivity contribution is 5.85. The van der Waals surface area contributed by atoms with Gasteiger partial charge in [-0.2, -0.15) is 0 Å². The highest BCUT2D eigenvalue weighted by Crippen LogP contribution is 2.18. The van der Waals surface area contributed by atoms with Crippen molar-refractivity contribution in [3.05, 3.63) is 48.0 Å². The van der Waals surface area contributed by atoms with E-state index in [1.54, 1.807) is 4.90 Å². The third-order valence-corrected chi connectivity index (χ3v) is 5.91. The van der Waals surface area contributed by atoms with Gasteiger partial charge >= 0.3 is 0 Å². The van der Waals surface area contributed by atoms with Crippen LogP contribution in [0.4, 0.5) is 0 Å². The van der Waals surface area contributed by atoms with E-state index in [-0.39, 0.29) is 17.9 Å². The summed E-state index contributed by atoms with van der Waals surface area (Å²) in [6.07, 6.45) is 4.40. The van der Waals surface area contributed by atoms with Crippen molar-refractivity contribution in [3.63, 3.8) is 0 Å². The van der Waals surface area contributed by atoms with Crippen molar-refractivity contribution in [2.24, 2.45) is 5.92 Å². The van der Waals surface area contributed by atoms with Crippen LogP contribution in [0.25, 0.3) is 10.8 Å². The highest BCUT2D eigenvalue weighted by atomic mass is 16.5. The smallest absolute Gasteiger partial charge is 0.223 e. The first kappa shape index (κ1) is 17.5. The molecular formula is C22H29N2O2+. The summed E-state index contributed by atoms with van der Waals surface area (Å²) in [6.45, 7) is 4.71. The zero-order valence-corrected chi connectivity index (χ0v) is 15.4. The number of carbonyl (C=O) groups is 1. The van der Waals surface area contributed by atoms with Gasteiger partial charge in [0, 0.05) is 37.5 Å². The summed E-state index contributed by atoms with van der Waals surface area (Å²) in [4.78, 5) is 14.0. The van der Waals surface area contributed by atoms with Gasteiger partial charge in [-0.05, 0) is 23.6 Å². The van der Waals surface area contributed by atoms with Crippen LogP contribution in [-0.2, 0) is 16.1 Å². The van der Waals surface area contributed by atoms with E-state index in [0.717, 1.165) is 51.9 Å². The fourth-order valence-corrected chi connectivity index (χ4v) is 4.35. The lowest BCUT2D eigenvalue weighted by atomic mass is 9.95. The van der Waals surface area contributed by atoms with Gasteiger partial charge in [-0.15, -0.1) is 0 Å². The SMILES string of the molecule is O=C(NC[C@@H]1CCCO1)C1CC[NH+](Cc2cccc3ccccc23)CC1. The molecule has 1 atom stereocenters. The van der Waals surface area contributed by atoms with Crippen molar-refractivity contribution in [1.82, 2.24) is 5.32 Å². The topological polar surface area (TPSA) is 42.8 Å². The van der Waals surface area contributed by atoms with Crippen molar-refractivity contribution in [1.29, 1.82) is 0 Å². The molecule has 2 aliphatic rings. The number of fused-ring (bicyclic) bond motifs is 1. The maximum Gasteiger partial charge on any atom is 0.223 e. The third-order valence-electron chi connectivity index (χ3n) is 5.91. The first-order chi connectivity index (χ1) is 12.8. The van der Waals surface area contributed by atoms with Gasteiger partial charge in [-0.25, -0.2) is 0 Å². The Kier molecular flexibility index (Phi) is 5.51. The van der Waals surface area contributed by atoms with Gasteiger partial charge < -0.3 is 15.0 Å². The maximum atomic E-state index is 12.4. The second-order valence-corrected chi connectivity index (χ2v) is 7.72. The lowest BCUT2D eigenvalue weighted by Crippen LogP contribution is -3.11. The summed E-state index contributed by atoms with van der Waals surface area (Å²) in [7, 11) is 0. The summed E-state index contributed by atoms with van der Waals surface area (Å²) < 4.78 is 5.59. The predicted molar refractivity (Wildman–Crippen MR) is 103 cm³/mol. The molecule has 0 aliphatic carbocycles. The first-order valence-corrected chi connectivity index (χ1v) is 9.99. The molecule has 138 valence electrons. The Morgan fingerprint density at radius 2 is 1.88 bits per heavy atom. The van der Waals surface area contributed by atoms with Crippen LogP contribution in [-0.4, -0.2) is 38.3 Å². The lowest BCUT2D eigenvalue weighted by molar-refractivity contribution is -0.919. The molecule has 2 aromatic carbocycles. The van der Waals surface area contributed by atoms with E-state index in [9.17, 15) is 4.79 Å². The van der Waals surface area contributed by atoms with Gasteiger partial charge in [-0.3, -0.25) is 4.79 Å². The molecule has 0 bridgehead atoms. The molecule has 2 aliphatic heterocycles. The van der Waals surface area contributed by atoms with E-state index in [4.69, 9.17) is 4.74 Å². The second kappa shape index (κ2) is 8.19. The Balaban J connectivity index is 1.28. The van der Waals surface area contributed by atoms with Crippen LogP contribution in [0, 0.1) is 5.92 Å². The number of benzene rings is 2. The summed E-state index contributed by atoms with van der Waals surface area (Å²) in [6, 6.07) is 15.2. The predicted octanol–water partition coefficient (Wildman–Crippen LogP) is 1.93. The van der Waals surface area contributed by atoms with Crippen LogP contribution >= 0.6 is 0 Å². The average Bonchev–Trinajstić information content (AvgIpc) is 3.21. The molecule has 0 radical (unpaired) electrons. The highest BCUT2D eigenvalue weighted by Gasteiger charge is 2.28. The van der Waals surface area contributed by atoms with Crippen LogP contribution in [0.1, 0.15) is 31.2 Å². The van der Waals surface area contributed by atoms with Gasteiger partial charge in [0.1, 0.15) is 6.54 Å². The van der Waals surface area contributed by atoms with E-state index in [1.165, 1.54) is 16.3 Å². The molecular weight excluding hydrogens is 324 g/mol. The zero-order valence-electron chi connectivity index (χ0n) is 15.4. The number of piperidine rings is 1. The summed E-state index contributed by atoms with van der Waals surface area (Å²) >= 11 is 0. The lowest BCUT2D eigenvalue weighted by Gasteiger charge is -2.29. The molecule has 4 rings (SSSR count). The molecule has 0 spiro atoms. The van der Waals surface area contributed by atoms with Gasteiger partial charge in [0.2, 0.25) is 5.91 Å². The van der Waals surface area contributed by atoms with Crippen LogP contribution in [0.2, 0.25) is 0 Å². The van der Waals surface area contributed by atoms with Crippen molar-refractivity contribution >= 4 is 16.7 Å². The van der Waals surface area contributed by atoms with E-state index in [1.807, 2.05) is 0 Å². The molecule has 26 heavy (non-hydrogen) atoms. The van der Waals surface area contributed by atoms with E-state index in [2.05, 4.69) is 47.8 Å². The fraction of sp³-hybridized carbons (Fsp3) is 0.500. The van der Waals surface area contributed by atoms with E-state index < -0.39 is 0 Å². The number of likely N-dealkylation sites (tertiary alicyclic amines) is 1. The number of hydrogen-bond acceptors (Lipinski definition) is 2. The number of ether oxygens (including phenoxy) is 1. The van der Waals surface area contributed by atoms with E-state index >= 15 is 0 Å². The van der Waals surface area contributed by atoms with Crippen LogP contribution in [0.3, 0.4) is 0 Å². The molecule has 0 saturated carbocycles. The fourth-order valence-electron chi connectivity index (χ4n) is 4.35. The summed E-state index contributed by atoms with van der Waals surface area (Å²) in [5, 5.41) is 5.78. The standard InChI is InChI=1S/C22H28N2O2/c25-22(23-15-20-8-4-14-26-20)18-10-12-24(13-11-18)16-19-7-3-6-17-5-1-2-9-21(17)19/h1-3,5-7,9,18,20H,4,8,10-16H2,(H,23,25)/p+1/t20-/m0/s1. The number of carbonyl (C=O) groups excluding carboxylic acids is 1. The maximum absolute atomic E-state index is 12.4. The number of amides is 1. The Morgan fingerprint density at radius 3 is 2.69 bits per heavy atom. The zero-order chi connectivity index (χ0) is 17.8. The summed E-state index contributed by atoms with van der Waals surface area (Å²) in [5.41, 5.74) is 1.42. The third kappa shape index (κ3) is 4.08. The second-order valence-electron chi connectivity index (χ2n) is 7.72. The molecule has 2 aromatic rings. The van der Waals surface area contributed by atoms with Gasteiger partial charge in [0.05, 0.1) is 19.2 Å². The van der Waals surface area contributed by atoms with Crippen molar-refractivity contribution in [2.75, 3.05) is 26.2 Å². The number of nitrogens with one attached hydrogen (secondary N) is 2. The molecule has 2 heterocycles. The Morgan fingerprint density at radius 1 is 1.08 bits per heavy atom. The molecule has 4 nitrogen and oxygen atoms in total. The monoisotopic (exact) mass is 353 g/mol. The molecule has 2 N–H and O–H groups in total. The molecule has 2 saturated heterocycles. The normalized spacial score (nSPS) is 26.1. The Bertz CT molecular complexity index is 741. The van der Waals surface area contributed by atoms with Crippen LogP contribution < -0.4 is 10.2 Å². The molecule has 0 unspecified atom stereocenters. The average molecular weight is 353 g/mol. The minimum atomic E-state index is 0.174. The largest absolute Gasteiger partial charge is 0.376 e. The quantitative estimate of drug-likeness (QED) is 0.863.